The summed E-state index contributed by atoms with van der Waals surface area (Å²) in [6, 6.07) is 20.1. The molecule has 1 aliphatic rings. The highest BCUT2D eigenvalue weighted by Crippen LogP contribution is 2.36. The van der Waals surface area contributed by atoms with Crippen molar-refractivity contribution in [2.75, 3.05) is 12.4 Å². The highest BCUT2D eigenvalue weighted by molar-refractivity contribution is 7.18. The van der Waals surface area contributed by atoms with Gasteiger partial charge in [0.1, 0.15) is 15.9 Å². The van der Waals surface area contributed by atoms with Gasteiger partial charge in [-0.15, -0.1) is 10.2 Å². The van der Waals surface area contributed by atoms with Crippen molar-refractivity contribution in [3.05, 3.63) is 94.3 Å². The Morgan fingerprint density at radius 2 is 1.94 bits per heavy atom. The van der Waals surface area contributed by atoms with Crippen molar-refractivity contribution in [1.82, 2.24) is 15.2 Å². The van der Waals surface area contributed by atoms with E-state index in [9.17, 15) is 0 Å². The van der Waals surface area contributed by atoms with E-state index in [0.717, 1.165) is 44.7 Å². The Hall–Kier alpha value is -3.22. The summed E-state index contributed by atoms with van der Waals surface area (Å²) >= 11 is 7.64. The largest absolute Gasteiger partial charge is 0.497 e. The second kappa shape index (κ2) is 8.49. The molecule has 0 fully saturated rings. The summed E-state index contributed by atoms with van der Waals surface area (Å²) in [7, 11) is 1.67. The lowest BCUT2D eigenvalue weighted by molar-refractivity contribution is 0.414. The van der Waals surface area contributed by atoms with E-state index in [2.05, 4.69) is 44.8 Å². The molecule has 0 saturated carbocycles. The minimum absolute atomic E-state index is 0.500. The maximum absolute atomic E-state index is 6.10. The fourth-order valence-electron chi connectivity index (χ4n) is 3.59. The molecular weight excluding hydrogens is 428 g/mol. The van der Waals surface area contributed by atoms with Crippen LogP contribution in [-0.4, -0.2) is 22.3 Å². The zero-order valence-corrected chi connectivity index (χ0v) is 18.4. The van der Waals surface area contributed by atoms with Crippen LogP contribution in [0.15, 0.2) is 66.7 Å². The quantitative estimate of drug-likeness (QED) is 0.376. The molecule has 0 amide bonds. The number of fused-ring (bicyclic) bond motifs is 1. The Balaban J connectivity index is 1.34. The summed E-state index contributed by atoms with van der Waals surface area (Å²) in [5, 5.41) is 14.2. The number of rotatable bonds is 6. The number of nitrogens with one attached hydrogen (secondary N) is 1. The first kappa shape index (κ1) is 19.7. The molecule has 31 heavy (non-hydrogen) atoms. The van der Waals surface area contributed by atoms with E-state index in [0.29, 0.717) is 11.7 Å². The molecule has 1 aliphatic carbocycles. The van der Waals surface area contributed by atoms with E-state index < -0.39 is 0 Å². The lowest BCUT2D eigenvalue weighted by Gasteiger charge is -2.07. The van der Waals surface area contributed by atoms with Crippen molar-refractivity contribution < 1.29 is 4.74 Å². The van der Waals surface area contributed by atoms with Crippen LogP contribution in [0.1, 0.15) is 22.4 Å². The average molecular weight is 447 g/mol. The average Bonchev–Trinajstić information content (AvgIpc) is 3.45. The van der Waals surface area contributed by atoms with Gasteiger partial charge in [-0.25, -0.2) is 4.98 Å². The number of halogens is 1. The predicted molar refractivity (Wildman–Crippen MR) is 126 cm³/mol. The third-order valence-corrected chi connectivity index (χ3v) is 6.33. The van der Waals surface area contributed by atoms with Crippen LogP contribution in [0.25, 0.3) is 16.1 Å². The first-order valence-corrected chi connectivity index (χ1v) is 11.1. The summed E-state index contributed by atoms with van der Waals surface area (Å²) in [6.45, 7) is 0.677. The number of methoxy groups -OCH3 is 1. The number of nitrogens with zero attached hydrogens (tertiary/aromatic N) is 3. The molecule has 0 unspecified atom stereocenters. The smallest absolute Gasteiger partial charge is 0.206 e. The fourth-order valence-corrected chi connectivity index (χ4v) is 4.49. The highest BCUT2D eigenvalue weighted by atomic mass is 35.5. The lowest BCUT2D eigenvalue weighted by Crippen LogP contribution is -1.98. The predicted octanol–water partition coefficient (Wildman–Crippen LogP) is 5.86. The van der Waals surface area contributed by atoms with Gasteiger partial charge < -0.3 is 10.1 Å². The second-order valence-electron chi connectivity index (χ2n) is 7.15. The standard InChI is InChI=1S/C24H19ClN4OS/c1-30-18-10-5-15(6-11-18)14-26-24-29-28-23(31-24)17-8-7-16-9-12-19(20(16)13-17)21-3-2-4-22(25)27-21/h2-8,10-13H,9,14H2,1H3,(H,26,29). The van der Waals surface area contributed by atoms with E-state index >= 15 is 0 Å². The van der Waals surface area contributed by atoms with Gasteiger partial charge in [0, 0.05) is 17.7 Å². The van der Waals surface area contributed by atoms with Gasteiger partial charge in [0.05, 0.1) is 12.8 Å². The molecule has 4 aromatic rings. The monoisotopic (exact) mass is 446 g/mol. The molecule has 2 aromatic carbocycles. The van der Waals surface area contributed by atoms with Crippen LogP contribution in [0.5, 0.6) is 5.75 Å². The number of pyridine rings is 1. The van der Waals surface area contributed by atoms with E-state index in [-0.39, 0.29) is 0 Å². The number of aromatic nitrogens is 3. The summed E-state index contributed by atoms with van der Waals surface area (Å²) < 4.78 is 5.20. The normalized spacial score (nSPS) is 12.4. The van der Waals surface area contributed by atoms with E-state index in [1.807, 2.05) is 36.4 Å². The first-order valence-electron chi connectivity index (χ1n) is 9.87. The summed E-state index contributed by atoms with van der Waals surface area (Å²) in [5.41, 5.74) is 6.66. The Morgan fingerprint density at radius 3 is 2.74 bits per heavy atom. The third-order valence-electron chi connectivity index (χ3n) is 5.19. The minimum Gasteiger partial charge on any atom is -0.497 e. The molecule has 0 aliphatic heterocycles. The summed E-state index contributed by atoms with van der Waals surface area (Å²) in [5.74, 6) is 0.847. The molecule has 2 heterocycles. The number of ether oxygens (including phenoxy) is 1. The molecule has 5 nitrogen and oxygen atoms in total. The molecule has 0 radical (unpaired) electrons. The summed E-state index contributed by atoms with van der Waals surface area (Å²) in [4.78, 5) is 4.48. The SMILES string of the molecule is COc1ccc(CNc2nnc(-c3ccc4c(c3)C(c3cccc(Cl)n3)=CC4)s2)cc1. The number of anilines is 1. The van der Waals surface area contributed by atoms with Crippen molar-refractivity contribution in [1.29, 1.82) is 0 Å². The maximum atomic E-state index is 6.10. The molecule has 1 N–H and O–H groups in total. The van der Waals surface area contributed by atoms with Crippen LogP contribution in [0, 0.1) is 0 Å². The Morgan fingerprint density at radius 1 is 1.06 bits per heavy atom. The van der Waals surface area contributed by atoms with Crippen LogP contribution < -0.4 is 10.1 Å². The fraction of sp³-hybridized carbons (Fsp3) is 0.125. The van der Waals surface area contributed by atoms with Crippen LogP contribution in [0.3, 0.4) is 0 Å². The number of hydrogen-bond acceptors (Lipinski definition) is 6. The van der Waals surface area contributed by atoms with E-state index in [4.69, 9.17) is 16.3 Å². The molecule has 0 bridgehead atoms. The molecule has 154 valence electrons. The van der Waals surface area contributed by atoms with Gasteiger partial charge in [-0.1, -0.05) is 59.3 Å². The highest BCUT2D eigenvalue weighted by Gasteiger charge is 2.19. The third kappa shape index (κ3) is 4.17. The molecule has 5 rings (SSSR count). The lowest BCUT2D eigenvalue weighted by atomic mass is 10.0. The van der Waals surface area contributed by atoms with Gasteiger partial charge in [-0.3, -0.25) is 0 Å². The second-order valence-corrected chi connectivity index (χ2v) is 8.52. The van der Waals surface area contributed by atoms with Gasteiger partial charge in [-0.2, -0.15) is 0 Å². The molecule has 0 saturated heterocycles. The van der Waals surface area contributed by atoms with Crippen LogP contribution in [0.4, 0.5) is 5.13 Å². The van der Waals surface area contributed by atoms with Gasteiger partial charge >= 0.3 is 0 Å². The topological polar surface area (TPSA) is 59.9 Å². The zero-order chi connectivity index (χ0) is 21.2. The Bertz CT molecular complexity index is 1270. The molecule has 0 atom stereocenters. The van der Waals surface area contributed by atoms with Crippen molar-refractivity contribution >= 4 is 33.6 Å². The minimum atomic E-state index is 0.500. The maximum Gasteiger partial charge on any atom is 0.206 e. The zero-order valence-electron chi connectivity index (χ0n) is 16.8. The number of hydrogen-bond donors (Lipinski definition) is 1. The van der Waals surface area contributed by atoms with Gasteiger partial charge in [0.25, 0.3) is 0 Å². The van der Waals surface area contributed by atoms with Crippen LogP contribution >= 0.6 is 22.9 Å². The van der Waals surface area contributed by atoms with Gasteiger partial charge in [0.15, 0.2) is 0 Å². The van der Waals surface area contributed by atoms with Crippen molar-refractivity contribution in [2.45, 2.75) is 13.0 Å². The molecule has 2 aromatic heterocycles. The number of benzene rings is 2. The van der Waals surface area contributed by atoms with E-state index in [1.165, 1.54) is 11.1 Å². The Kier molecular flexibility index (Phi) is 5.40. The van der Waals surface area contributed by atoms with Crippen molar-refractivity contribution in [3.63, 3.8) is 0 Å². The molecular formula is C24H19ClN4OS. The Labute approximate surface area is 189 Å². The number of allylic oxidation sites excluding steroid dienone is 1. The van der Waals surface area contributed by atoms with E-state index in [1.54, 1.807) is 24.5 Å². The summed E-state index contributed by atoms with van der Waals surface area (Å²) in [6.07, 6.45) is 3.10. The van der Waals surface area contributed by atoms with Crippen LogP contribution in [0.2, 0.25) is 5.15 Å². The molecule has 7 heteroatoms. The molecule has 0 spiro atoms. The van der Waals surface area contributed by atoms with Crippen molar-refractivity contribution in [3.8, 4) is 16.3 Å². The van der Waals surface area contributed by atoms with Gasteiger partial charge in [0.2, 0.25) is 5.13 Å². The first-order chi connectivity index (χ1) is 15.2. The van der Waals surface area contributed by atoms with Gasteiger partial charge in [-0.05, 0) is 53.4 Å². The van der Waals surface area contributed by atoms with Crippen molar-refractivity contribution in [2.24, 2.45) is 0 Å². The van der Waals surface area contributed by atoms with Crippen LogP contribution in [-0.2, 0) is 13.0 Å².